The Morgan fingerprint density at radius 1 is 1.18 bits per heavy atom. The van der Waals surface area contributed by atoms with Crippen LogP contribution in [0.25, 0.3) is 0 Å². The predicted molar refractivity (Wildman–Crippen MR) is 65.1 cm³/mol. The first kappa shape index (κ1) is 15.7. The molecule has 17 heavy (non-hydrogen) atoms. The maximum absolute atomic E-state index is 11.9. The van der Waals surface area contributed by atoms with Crippen LogP contribution in [-0.2, 0) is 19.6 Å². The average Bonchev–Trinajstić information content (AvgIpc) is 2.13. The number of hydrogen-bond acceptors (Lipinski definition) is 5. The Kier molecular flexibility index (Phi) is 5.45. The molecule has 0 radical (unpaired) electrons. The second-order valence-corrected chi connectivity index (χ2v) is 6.02. The van der Waals surface area contributed by atoms with Crippen LogP contribution in [0.1, 0.15) is 6.92 Å². The first-order chi connectivity index (χ1) is 7.59. The van der Waals surface area contributed by atoms with E-state index in [1.165, 1.54) is 6.92 Å². The lowest BCUT2D eigenvalue weighted by atomic mass is 10.5. The number of nitrogens with zero attached hydrogens (tertiary/aromatic N) is 1. The first-order valence-corrected chi connectivity index (χ1v) is 6.35. The molecule has 1 atom stereocenters. The Labute approximate surface area is 104 Å². The molecule has 0 saturated carbocycles. The second kappa shape index (κ2) is 5.89. The Morgan fingerprint density at radius 3 is 1.76 bits per heavy atom. The molecule has 8 nitrogen and oxygen atoms in total. The lowest BCUT2D eigenvalue weighted by Crippen LogP contribution is -2.49. The summed E-state index contributed by atoms with van der Waals surface area (Å²) in [4.78, 5) is 21.2. The van der Waals surface area contributed by atoms with Crippen LogP contribution in [0.3, 0.4) is 0 Å². The normalized spacial score (nSPS) is 13.3. The third kappa shape index (κ3) is 4.63. The van der Waals surface area contributed by atoms with E-state index in [-0.39, 0.29) is 4.99 Å². The van der Waals surface area contributed by atoms with Crippen molar-refractivity contribution in [2.24, 2.45) is 17.2 Å². The van der Waals surface area contributed by atoms with Crippen molar-refractivity contribution in [3.05, 3.63) is 0 Å². The highest BCUT2D eigenvalue weighted by Crippen LogP contribution is 2.08. The molecule has 98 valence electrons. The second-order valence-electron chi connectivity index (χ2n) is 3.29. The minimum atomic E-state index is -4.02. The van der Waals surface area contributed by atoms with Gasteiger partial charge in [-0.15, -0.1) is 0 Å². The molecule has 0 aliphatic carbocycles. The number of hydrogen-bond donors (Lipinski definition) is 3. The van der Waals surface area contributed by atoms with Crippen LogP contribution >= 0.6 is 12.2 Å². The molecule has 0 heterocycles. The van der Waals surface area contributed by atoms with Crippen LogP contribution in [0.5, 0.6) is 0 Å². The molecule has 0 aromatic heterocycles. The largest absolute Gasteiger partial charge is 0.392 e. The predicted octanol–water partition coefficient (Wildman–Crippen LogP) is -2.74. The van der Waals surface area contributed by atoms with Crippen LogP contribution < -0.4 is 17.2 Å². The maximum atomic E-state index is 11.9. The summed E-state index contributed by atoms with van der Waals surface area (Å²) in [6.07, 6.45) is 0. The van der Waals surface area contributed by atoms with Gasteiger partial charge in [0.15, 0.2) is 0 Å². The van der Waals surface area contributed by atoms with Gasteiger partial charge in [0, 0.05) is 0 Å². The summed E-state index contributed by atoms with van der Waals surface area (Å²) >= 11 is 4.55. The number of sulfonamides is 1. The van der Waals surface area contributed by atoms with Crippen molar-refractivity contribution in [1.82, 2.24) is 4.31 Å². The number of rotatable bonds is 7. The van der Waals surface area contributed by atoms with Crippen molar-refractivity contribution in [2.75, 3.05) is 13.1 Å². The van der Waals surface area contributed by atoms with E-state index < -0.39 is 40.2 Å². The van der Waals surface area contributed by atoms with Gasteiger partial charge in [-0.1, -0.05) is 12.2 Å². The molecule has 0 aliphatic rings. The Balaban J connectivity index is 5.21. The fourth-order valence-electron chi connectivity index (χ4n) is 0.954. The first-order valence-electron chi connectivity index (χ1n) is 4.44. The Bertz CT molecular complexity index is 417. The van der Waals surface area contributed by atoms with Crippen molar-refractivity contribution in [2.45, 2.75) is 12.2 Å². The molecular weight excluding hydrogens is 268 g/mol. The van der Waals surface area contributed by atoms with E-state index in [0.29, 0.717) is 4.31 Å². The van der Waals surface area contributed by atoms with E-state index in [1.807, 2.05) is 0 Å². The number of nitrogens with two attached hydrogens (primary N) is 3. The zero-order valence-electron chi connectivity index (χ0n) is 9.12. The van der Waals surface area contributed by atoms with Crippen LogP contribution in [-0.4, -0.2) is 47.9 Å². The third-order valence-electron chi connectivity index (χ3n) is 1.87. The van der Waals surface area contributed by atoms with Crippen LogP contribution in [0.2, 0.25) is 0 Å². The van der Waals surface area contributed by atoms with Gasteiger partial charge in [-0.2, -0.15) is 4.31 Å². The summed E-state index contributed by atoms with van der Waals surface area (Å²) in [5.41, 5.74) is 15.0. The number of carbonyl (C=O) groups is 2. The highest BCUT2D eigenvalue weighted by molar-refractivity contribution is 7.92. The summed E-state index contributed by atoms with van der Waals surface area (Å²) in [6.45, 7) is -0.0664. The van der Waals surface area contributed by atoms with Gasteiger partial charge in [0.1, 0.15) is 5.25 Å². The van der Waals surface area contributed by atoms with E-state index in [4.69, 9.17) is 17.2 Å². The van der Waals surface area contributed by atoms with E-state index in [9.17, 15) is 18.0 Å². The molecule has 1 unspecified atom stereocenters. The van der Waals surface area contributed by atoms with E-state index in [1.54, 1.807) is 0 Å². The summed E-state index contributed by atoms with van der Waals surface area (Å²) in [5, 5.41) is -1.21. The molecular formula is C7H14N4O4S2. The average molecular weight is 282 g/mol. The molecule has 0 fully saturated rings. The Hall–Kier alpha value is -1.26. The Morgan fingerprint density at radius 2 is 1.53 bits per heavy atom. The van der Waals surface area contributed by atoms with Crippen LogP contribution in [0.4, 0.5) is 0 Å². The van der Waals surface area contributed by atoms with Crippen LogP contribution in [0, 0.1) is 0 Å². The molecule has 0 bridgehead atoms. The molecule has 0 rings (SSSR count). The monoisotopic (exact) mass is 282 g/mol. The van der Waals surface area contributed by atoms with Gasteiger partial charge in [-0.3, -0.25) is 9.59 Å². The van der Waals surface area contributed by atoms with Gasteiger partial charge in [0.25, 0.3) is 0 Å². The van der Waals surface area contributed by atoms with Gasteiger partial charge < -0.3 is 17.2 Å². The minimum Gasteiger partial charge on any atom is -0.392 e. The minimum absolute atomic E-state index is 0.274. The number of amides is 2. The van der Waals surface area contributed by atoms with Gasteiger partial charge >= 0.3 is 0 Å². The van der Waals surface area contributed by atoms with Crippen LogP contribution in [0.15, 0.2) is 0 Å². The van der Waals surface area contributed by atoms with Crippen molar-refractivity contribution >= 4 is 39.0 Å². The maximum Gasteiger partial charge on any atom is 0.232 e. The van der Waals surface area contributed by atoms with E-state index in [2.05, 4.69) is 12.2 Å². The zero-order chi connectivity index (χ0) is 13.8. The summed E-state index contributed by atoms with van der Waals surface area (Å²) in [5.74, 6) is -1.82. The number of carbonyl (C=O) groups excluding carboxylic acids is 2. The summed E-state index contributed by atoms with van der Waals surface area (Å²) in [6, 6.07) is 0. The molecule has 0 saturated heterocycles. The fraction of sp³-hybridized carbons (Fsp3) is 0.571. The molecule has 0 aliphatic heterocycles. The molecule has 2 amide bonds. The van der Waals surface area contributed by atoms with Crippen molar-refractivity contribution in [3.63, 3.8) is 0 Å². The van der Waals surface area contributed by atoms with Gasteiger partial charge in [-0.05, 0) is 6.92 Å². The van der Waals surface area contributed by atoms with E-state index >= 15 is 0 Å². The standard InChI is InChI=1S/C7H14N4O4S2/c1-4(7(10)16)17(14,15)11(2-5(8)12)3-6(9)13/h4H,2-3H2,1H3,(H2,8,12)(H2,9,13)(H2,10,16). The molecule has 10 heteroatoms. The molecule has 0 aromatic carbocycles. The molecule has 0 aromatic rings. The number of primary amides is 2. The smallest absolute Gasteiger partial charge is 0.232 e. The highest BCUT2D eigenvalue weighted by atomic mass is 32.2. The summed E-state index contributed by atoms with van der Waals surface area (Å²) in [7, 11) is -4.02. The quantitative estimate of drug-likeness (QED) is 0.431. The van der Waals surface area contributed by atoms with Crippen molar-refractivity contribution in [1.29, 1.82) is 0 Å². The van der Waals surface area contributed by atoms with Gasteiger partial charge in [-0.25, -0.2) is 8.42 Å². The molecule has 6 N–H and O–H groups in total. The SMILES string of the molecule is CC(C(N)=S)S(=O)(=O)N(CC(N)=O)CC(N)=O. The van der Waals surface area contributed by atoms with E-state index in [0.717, 1.165) is 0 Å². The van der Waals surface area contributed by atoms with Crippen molar-refractivity contribution < 1.29 is 18.0 Å². The lowest BCUT2D eigenvalue weighted by molar-refractivity contribution is -0.120. The zero-order valence-corrected chi connectivity index (χ0v) is 10.8. The highest BCUT2D eigenvalue weighted by Gasteiger charge is 2.32. The fourth-order valence-corrected chi connectivity index (χ4v) is 2.67. The van der Waals surface area contributed by atoms with Gasteiger partial charge in [0.2, 0.25) is 21.8 Å². The topological polar surface area (TPSA) is 150 Å². The van der Waals surface area contributed by atoms with Gasteiger partial charge in [0.05, 0.1) is 18.1 Å². The van der Waals surface area contributed by atoms with Crippen molar-refractivity contribution in [3.8, 4) is 0 Å². The summed E-state index contributed by atoms with van der Waals surface area (Å²) < 4.78 is 24.3. The molecule has 0 spiro atoms. The number of thiocarbonyl (C=S) groups is 1. The third-order valence-corrected chi connectivity index (χ3v) is 4.50. The lowest BCUT2D eigenvalue weighted by Gasteiger charge is -2.22.